The summed E-state index contributed by atoms with van der Waals surface area (Å²) in [6.07, 6.45) is 10.2. The van der Waals surface area contributed by atoms with Gasteiger partial charge < -0.3 is 9.64 Å². The van der Waals surface area contributed by atoms with Crippen molar-refractivity contribution in [2.24, 2.45) is 11.3 Å². The summed E-state index contributed by atoms with van der Waals surface area (Å²) in [6.45, 7) is 6.68. The minimum absolute atomic E-state index is 0.0884. The number of nitrogens with zero attached hydrogens (tertiary/aromatic N) is 3. The molecule has 1 atom stereocenters. The van der Waals surface area contributed by atoms with Crippen LogP contribution in [-0.2, 0) is 16.1 Å². The van der Waals surface area contributed by atoms with Crippen LogP contribution in [0, 0.1) is 11.3 Å². The molecule has 5 nitrogen and oxygen atoms in total. The molecular formula is C21H31N3O2. The second kappa shape index (κ2) is 8.05. The third-order valence-electron chi connectivity index (χ3n) is 6.59. The maximum atomic E-state index is 13.2. The average molecular weight is 357 g/mol. The van der Waals surface area contributed by atoms with Crippen LogP contribution in [0.5, 0.6) is 0 Å². The van der Waals surface area contributed by atoms with Crippen molar-refractivity contribution < 1.29 is 9.53 Å². The van der Waals surface area contributed by atoms with Gasteiger partial charge in [0.25, 0.3) is 0 Å². The molecule has 26 heavy (non-hydrogen) atoms. The summed E-state index contributed by atoms with van der Waals surface area (Å²) < 4.78 is 5.46. The van der Waals surface area contributed by atoms with Crippen LogP contribution in [0.1, 0.15) is 44.1 Å². The van der Waals surface area contributed by atoms with Crippen LogP contribution in [0.15, 0.2) is 24.5 Å². The molecule has 1 spiro atoms. The summed E-state index contributed by atoms with van der Waals surface area (Å²) in [5.41, 5.74) is 1.18. The molecule has 3 aliphatic rings. The number of amides is 1. The first-order chi connectivity index (χ1) is 12.8. The Kier molecular flexibility index (Phi) is 5.55. The number of likely N-dealkylation sites (tertiary alicyclic amines) is 2. The van der Waals surface area contributed by atoms with E-state index in [4.69, 9.17) is 4.74 Å². The van der Waals surface area contributed by atoms with E-state index in [1.54, 1.807) is 0 Å². The van der Waals surface area contributed by atoms with Crippen molar-refractivity contribution in [2.75, 3.05) is 39.4 Å². The van der Waals surface area contributed by atoms with E-state index in [1.165, 1.54) is 5.56 Å². The Morgan fingerprint density at radius 3 is 2.81 bits per heavy atom. The van der Waals surface area contributed by atoms with Crippen molar-refractivity contribution in [2.45, 2.75) is 45.1 Å². The van der Waals surface area contributed by atoms with Crippen LogP contribution in [0.2, 0.25) is 0 Å². The fourth-order valence-electron chi connectivity index (χ4n) is 4.93. The normalized spacial score (nSPS) is 28.6. The Hall–Kier alpha value is -1.46. The van der Waals surface area contributed by atoms with Crippen molar-refractivity contribution in [1.82, 2.24) is 14.8 Å². The van der Waals surface area contributed by atoms with Gasteiger partial charge in [-0.15, -0.1) is 0 Å². The molecule has 0 radical (unpaired) electrons. The number of hydrogen-bond acceptors (Lipinski definition) is 4. The highest BCUT2D eigenvalue weighted by atomic mass is 16.5. The molecule has 3 aliphatic heterocycles. The Morgan fingerprint density at radius 2 is 2.00 bits per heavy atom. The van der Waals surface area contributed by atoms with Gasteiger partial charge in [0.2, 0.25) is 5.91 Å². The Labute approximate surface area is 156 Å². The number of carbonyl (C=O) groups excluding carboxylic acids is 1. The zero-order valence-electron chi connectivity index (χ0n) is 15.7. The predicted octanol–water partition coefficient (Wildman–Crippen LogP) is 2.71. The van der Waals surface area contributed by atoms with E-state index < -0.39 is 0 Å². The summed E-state index contributed by atoms with van der Waals surface area (Å²) in [7, 11) is 0. The second-order valence-corrected chi connectivity index (χ2v) is 8.33. The van der Waals surface area contributed by atoms with Crippen LogP contribution in [0.4, 0.5) is 0 Å². The lowest BCUT2D eigenvalue weighted by molar-refractivity contribution is -0.137. The molecule has 3 fully saturated rings. The van der Waals surface area contributed by atoms with Gasteiger partial charge in [0.1, 0.15) is 0 Å². The van der Waals surface area contributed by atoms with Crippen molar-refractivity contribution >= 4 is 5.91 Å². The van der Waals surface area contributed by atoms with Gasteiger partial charge >= 0.3 is 0 Å². The van der Waals surface area contributed by atoms with Gasteiger partial charge in [0.05, 0.1) is 5.41 Å². The van der Waals surface area contributed by atoms with Gasteiger partial charge in [0.15, 0.2) is 0 Å². The summed E-state index contributed by atoms with van der Waals surface area (Å²) >= 11 is 0. The van der Waals surface area contributed by atoms with Crippen molar-refractivity contribution in [3.05, 3.63) is 30.1 Å². The number of carbonyl (C=O) groups is 1. The number of pyridine rings is 1. The highest BCUT2D eigenvalue weighted by Crippen LogP contribution is 2.42. The molecule has 0 aromatic carbocycles. The molecule has 0 N–H and O–H groups in total. The monoisotopic (exact) mass is 357 g/mol. The summed E-state index contributed by atoms with van der Waals surface area (Å²) in [6, 6.07) is 4.15. The van der Waals surface area contributed by atoms with E-state index in [0.717, 1.165) is 84.5 Å². The molecule has 1 amide bonds. The van der Waals surface area contributed by atoms with Gasteiger partial charge in [-0.25, -0.2) is 0 Å². The molecule has 4 heterocycles. The quantitative estimate of drug-likeness (QED) is 0.831. The SMILES string of the molecule is O=C1N(CC2CCOCC2)CC[C@@]12CCCN(Cc1cccnc1)CC2. The average Bonchev–Trinajstić information content (AvgIpc) is 2.85. The van der Waals surface area contributed by atoms with Crippen LogP contribution < -0.4 is 0 Å². The third kappa shape index (κ3) is 3.94. The first-order valence-electron chi connectivity index (χ1n) is 10.2. The fraction of sp³-hybridized carbons (Fsp3) is 0.714. The maximum Gasteiger partial charge on any atom is 0.228 e. The van der Waals surface area contributed by atoms with Crippen LogP contribution in [0.25, 0.3) is 0 Å². The second-order valence-electron chi connectivity index (χ2n) is 8.33. The topological polar surface area (TPSA) is 45.7 Å². The van der Waals surface area contributed by atoms with Gasteiger partial charge in [-0.05, 0) is 69.2 Å². The Bertz CT molecular complexity index is 603. The summed E-state index contributed by atoms with van der Waals surface area (Å²) in [4.78, 5) is 22.1. The highest BCUT2D eigenvalue weighted by molar-refractivity contribution is 5.84. The standard InChI is InChI=1S/C21H31N3O2/c25-20-21(8-12-24(20)17-18-4-13-26-14-5-18)6-2-10-23(11-7-21)16-19-3-1-9-22-15-19/h1,3,9,15,18H,2,4-8,10-14,16-17H2/t21-/m0/s1. The van der Waals surface area contributed by atoms with E-state index in [0.29, 0.717) is 11.8 Å². The molecule has 1 aromatic rings. The highest BCUT2D eigenvalue weighted by Gasteiger charge is 2.47. The largest absolute Gasteiger partial charge is 0.381 e. The molecule has 0 bridgehead atoms. The third-order valence-corrected chi connectivity index (χ3v) is 6.59. The zero-order chi connectivity index (χ0) is 17.8. The van der Waals surface area contributed by atoms with Crippen molar-refractivity contribution in [1.29, 1.82) is 0 Å². The first-order valence-corrected chi connectivity index (χ1v) is 10.2. The van der Waals surface area contributed by atoms with Gasteiger partial charge in [-0.3, -0.25) is 14.7 Å². The fourth-order valence-corrected chi connectivity index (χ4v) is 4.93. The number of hydrogen-bond donors (Lipinski definition) is 0. The molecule has 4 rings (SSSR count). The minimum Gasteiger partial charge on any atom is -0.381 e. The minimum atomic E-state index is -0.0884. The molecular weight excluding hydrogens is 326 g/mol. The van der Waals surface area contributed by atoms with Crippen LogP contribution in [0.3, 0.4) is 0 Å². The van der Waals surface area contributed by atoms with Gasteiger partial charge in [-0.2, -0.15) is 0 Å². The van der Waals surface area contributed by atoms with Crippen molar-refractivity contribution in [3.8, 4) is 0 Å². The van der Waals surface area contributed by atoms with E-state index in [9.17, 15) is 4.79 Å². The van der Waals surface area contributed by atoms with E-state index >= 15 is 0 Å². The predicted molar refractivity (Wildman–Crippen MR) is 101 cm³/mol. The number of ether oxygens (including phenoxy) is 1. The van der Waals surface area contributed by atoms with E-state index in [-0.39, 0.29) is 5.41 Å². The maximum absolute atomic E-state index is 13.2. The lowest BCUT2D eigenvalue weighted by atomic mass is 9.79. The van der Waals surface area contributed by atoms with E-state index in [1.807, 2.05) is 18.5 Å². The number of aromatic nitrogens is 1. The molecule has 1 aromatic heterocycles. The van der Waals surface area contributed by atoms with Crippen LogP contribution >= 0.6 is 0 Å². The van der Waals surface area contributed by atoms with Gasteiger partial charge in [-0.1, -0.05) is 6.07 Å². The Morgan fingerprint density at radius 1 is 1.15 bits per heavy atom. The summed E-state index contributed by atoms with van der Waals surface area (Å²) in [5, 5.41) is 0. The molecule has 0 unspecified atom stereocenters. The summed E-state index contributed by atoms with van der Waals surface area (Å²) in [5.74, 6) is 1.07. The zero-order valence-corrected chi connectivity index (χ0v) is 15.7. The van der Waals surface area contributed by atoms with Crippen LogP contribution in [-0.4, -0.2) is 60.1 Å². The lowest BCUT2D eigenvalue weighted by Crippen LogP contribution is -2.39. The molecule has 3 saturated heterocycles. The van der Waals surface area contributed by atoms with Gasteiger partial charge in [0, 0.05) is 45.2 Å². The lowest BCUT2D eigenvalue weighted by Gasteiger charge is -2.30. The van der Waals surface area contributed by atoms with E-state index in [2.05, 4.69) is 20.9 Å². The Balaban J connectivity index is 1.34. The van der Waals surface area contributed by atoms with Crippen molar-refractivity contribution in [3.63, 3.8) is 0 Å². The first kappa shape index (κ1) is 17.9. The molecule has 0 saturated carbocycles. The molecule has 0 aliphatic carbocycles. The smallest absolute Gasteiger partial charge is 0.228 e. The number of rotatable bonds is 4. The molecule has 142 valence electrons. The molecule has 5 heteroatoms.